The summed E-state index contributed by atoms with van der Waals surface area (Å²) in [7, 11) is 0. The van der Waals surface area contributed by atoms with Gasteiger partial charge in [-0.05, 0) is 37.7 Å². The zero-order valence-electron chi connectivity index (χ0n) is 15.6. The first kappa shape index (κ1) is 21.0. The van der Waals surface area contributed by atoms with E-state index in [-0.39, 0.29) is 18.6 Å². The number of carbonyl (C=O) groups excluding carboxylic acids is 1. The minimum atomic E-state index is -0.794. The molecule has 1 aliphatic rings. The largest absolute Gasteiger partial charge is 0.481 e. The van der Waals surface area contributed by atoms with E-state index in [1.807, 2.05) is 42.5 Å². The van der Waals surface area contributed by atoms with Crippen molar-refractivity contribution in [3.63, 3.8) is 0 Å². The van der Waals surface area contributed by atoms with Gasteiger partial charge in [-0.2, -0.15) is 0 Å². The predicted molar refractivity (Wildman–Crippen MR) is 102 cm³/mol. The number of rotatable bonds is 11. The number of aliphatic hydroxyl groups excluding tert-OH is 1. The van der Waals surface area contributed by atoms with Crippen molar-refractivity contribution in [3.05, 3.63) is 48.0 Å². The van der Waals surface area contributed by atoms with Gasteiger partial charge in [-0.3, -0.25) is 4.79 Å². The summed E-state index contributed by atoms with van der Waals surface area (Å²) < 4.78 is 5.15. The molecule has 1 saturated heterocycles. The van der Waals surface area contributed by atoms with Gasteiger partial charge >= 0.3 is 12.1 Å². The van der Waals surface area contributed by atoms with Crippen molar-refractivity contribution in [2.24, 2.45) is 0 Å². The number of nitrogens with zero attached hydrogens (tertiary/aromatic N) is 1. The molecule has 1 aromatic rings. The number of amides is 1. The molecule has 0 aromatic heterocycles. The van der Waals surface area contributed by atoms with Crippen molar-refractivity contribution in [3.8, 4) is 0 Å². The fourth-order valence-corrected chi connectivity index (χ4v) is 3.24. The van der Waals surface area contributed by atoms with Crippen molar-refractivity contribution in [2.75, 3.05) is 13.2 Å². The molecule has 0 saturated carbocycles. The molecule has 2 atom stereocenters. The van der Waals surface area contributed by atoms with Crippen LogP contribution in [-0.4, -0.2) is 52.5 Å². The average Bonchev–Trinajstić information content (AvgIpc) is 2.65. The lowest BCUT2D eigenvalue weighted by atomic mass is 9.99. The summed E-state index contributed by atoms with van der Waals surface area (Å²) in [6.45, 7) is 0.864. The summed E-state index contributed by atoms with van der Waals surface area (Å²) in [5.74, 6) is -0.794. The summed E-state index contributed by atoms with van der Waals surface area (Å²) in [4.78, 5) is 24.3. The molecule has 6 heteroatoms. The smallest absolute Gasteiger partial charge is 0.410 e. The molecule has 0 aliphatic carbocycles. The predicted octanol–water partition coefficient (Wildman–Crippen LogP) is 3.39. The number of hydrogen-bond donors (Lipinski definition) is 2. The number of unbranched alkanes of at least 4 members (excludes halogenated alkanes) is 1. The molecule has 148 valence electrons. The van der Waals surface area contributed by atoms with E-state index in [2.05, 4.69) is 0 Å². The topological polar surface area (TPSA) is 87.1 Å². The van der Waals surface area contributed by atoms with E-state index >= 15 is 0 Å². The Labute approximate surface area is 160 Å². The van der Waals surface area contributed by atoms with Crippen molar-refractivity contribution < 1.29 is 24.5 Å². The molecule has 0 radical (unpaired) electrons. The van der Waals surface area contributed by atoms with Crippen LogP contribution in [0.3, 0.4) is 0 Å². The maximum absolute atomic E-state index is 12.1. The van der Waals surface area contributed by atoms with Crippen LogP contribution in [0.15, 0.2) is 42.5 Å². The Morgan fingerprint density at radius 2 is 2.07 bits per heavy atom. The van der Waals surface area contributed by atoms with E-state index in [9.17, 15) is 14.7 Å². The van der Waals surface area contributed by atoms with Gasteiger partial charge in [0, 0.05) is 25.4 Å². The molecule has 2 rings (SSSR count). The number of carbonyl (C=O) groups is 2. The number of aliphatic carboxylic acids is 1. The molecule has 2 N–H and O–H groups in total. The Balaban J connectivity index is 1.77. The van der Waals surface area contributed by atoms with Crippen LogP contribution in [0.2, 0.25) is 0 Å². The fourth-order valence-electron chi connectivity index (χ4n) is 3.24. The van der Waals surface area contributed by atoms with Gasteiger partial charge in [0.1, 0.15) is 0 Å². The van der Waals surface area contributed by atoms with Crippen LogP contribution < -0.4 is 0 Å². The zero-order valence-corrected chi connectivity index (χ0v) is 15.6. The quantitative estimate of drug-likeness (QED) is 0.457. The summed E-state index contributed by atoms with van der Waals surface area (Å²) in [6.07, 6.45) is 7.20. The van der Waals surface area contributed by atoms with Gasteiger partial charge in [-0.25, -0.2) is 4.79 Å². The molecule has 1 fully saturated rings. The third-order valence-electron chi connectivity index (χ3n) is 4.73. The molecule has 27 heavy (non-hydrogen) atoms. The monoisotopic (exact) mass is 375 g/mol. The Kier molecular flexibility index (Phi) is 8.84. The maximum Gasteiger partial charge on any atom is 0.410 e. The highest BCUT2D eigenvalue weighted by Crippen LogP contribution is 2.20. The normalized spacial score (nSPS) is 18.5. The first-order valence-electron chi connectivity index (χ1n) is 9.58. The second kappa shape index (κ2) is 11.4. The second-order valence-electron chi connectivity index (χ2n) is 6.89. The number of aliphatic hydroxyl groups is 1. The summed E-state index contributed by atoms with van der Waals surface area (Å²) >= 11 is 0. The van der Waals surface area contributed by atoms with Crippen molar-refractivity contribution in [2.45, 2.75) is 57.1 Å². The Morgan fingerprint density at radius 3 is 2.81 bits per heavy atom. The highest BCUT2D eigenvalue weighted by atomic mass is 16.6. The summed E-state index contributed by atoms with van der Waals surface area (Å²) in [5, 5.41) is 18.9. The molecule has 1 amide bonds. The van der Waals surface area contributed by atoms with Crippen LogP contribution in [0, 0.1) is 0 Å². The minimum Gasteiger partial charge on any atom is -0.481 e. The van der Waals surface area contributed by atoms with E-state index in [0.717, 1.165) is 18.4 Å². The highest BCUT2D eigenvalue weighted by molar-refractivity contribution is 5.69. The fraction of sp³-hybridized carbons (Fsp3) is 0.524. The summed E-state index contributed by atoms with van der Waals surface area (Å²) in [5.41, 5.74) is 1.11. The molecular formula is C21H29NO5. The van der Waals surface area contributed by atoms with E-state index < -0.39 is 12.1 Å². The van der Waals surface area contributed by atoms with Gasteiger partial charge in [-0.15, -0.1) is 0 Å². The number of benzene rings is 1. The van der Waals surface area contributed by atoms with Crippen molar-refractivity contribution >= 4 is 12.1 Å². The third-order valence-corrected chi connectivity index (χ3v) is 4.73. The molecule has 0 bridgehead atoms. The van der Waals surface area contributed by atoms with Crippen LogP contribution >= 0.6 is 0 Å². The highest BCUT2D eigenvalue weighted by Gasteiger charge is 2.28. The number of carboxylic acids is 1. The van der Waals surface area contributed by atoms with Gasteiger partial charge < -0.3 is 19.8 Å². The van der Waals surface area contributed by atoms with Gasteiger partial charge in [0.05, 0.1) is 12.7 Å². The molecule has 6 nitrogen and oxygen atoms in total. The average molecular weight is 375 g/mol. The van der Waals surface area contributed by atoms with E-state index in [1.165, 1.54) is 0 Å². The van der Waals surface area contributed by atoms with E-state index in [4.69, 9.17) is 9.84 Å². The van der Waals surface area contributed by atoms with Crippen LogP contribution in [0.4, 0.5) is 4.79 Å². The second-order valence-corrected chi connectivity index (χ2v) is 6.89. The van der Waals surface area contributed by atoms with E-state index in [0.29, 0.717) is 38.8 Å². The number of ether oxygens (including phenoxy) is 1. The molecular weight excluding hydrogens is 346 g/mol. The molecule has 1 aliphatic heterocycles. The first-order valence-corrected chi connectivity index (χ1v) is 9.58. The van der Waals surface area contributed by atoms with Gasteiger partial charge in [-0.1, -0.05) is 42.5 Å². The molecule has 1 heterocycles. The number of carboxylic acid groups (broad SMARTS) is 1. The van der Waals surface area contributed by atoms with Crippen LogP contribution in [0.5, 0.6) is 0 Å². The lowest BCUT2D eigenvalue weighted by molar-refractivity contribution is -0.137. The lowest BCUT2D eigenvalue weighted by Gasteiger charge is -2.34. The van der Waals surface area contributed by atoms with Crippen molar-refractivity contribution in [1.82, 2.24) is 4.90 Å². The molecule has 0 spiro atoms. The Morgan fingerprint density at radius 1 is 1.30 bits per heavy atom. The molecule has 1 aromatic carbocycles. The third kappa shape index (κ3) is 7.83. The number of hydrogen-bond acceptors (Lipinski definition) is 4. The lowest BCUT2D eigenvalue weighted by Crippen LogP contribution is -2.46. The number of allylic oxidation sites excluding steroid dienone is 1. The Bertz CT molecular complexity index is 616. The van der Waals surface area contributed by atoms with Gasteiger partial charge in [0.2, 0.25) is 0 Å². The van der Waals surface area contributed by atoms with Gasteiger partial charge in [0.25, 0.3) is 0 Å². The standard InChI is InChI=1S/C21H29NO5/c23-19(16-17-8-4-3-5-9-17)12-11-18-13-15-27-21(26)22(18)14-7-2-1-6-10-20(24)25/h2-5,7-9,18-19,23H,1,6,10-16H2,(H,24,25)/b7-2-/t18-,19?/m0/s1. The molecule has 1 unspecified atom stereocenters. The van der Waals surface area contributed by atoms with Crippen LogP contribution in [-0.2, 0) is 16.0 Å². The van der Waals surface area contributed by atoms with Crippen LogP contribution in [0.1, 0.15) is 44.1 Å². The van der Waals surface area contributed by atoms with E-state index in [1.54, 1.807) is 4.90 Å². The number of cyclic esters (lactones) is 1. The SMILES string of the molecule is O=C(O)CCC/C=C\CN1C(=O)OCC[C@@H]1CCC(O)Cc1ccccc1. The first-order chi connectivity index (χ1) is 13.1. The zero-order chi connectivity index (χ0) is 19.5. The minimum absolute atomic E-state index is 0.0559. The maximum atomic E-state index is 12.1. The van der Waals surface area contributed by atoms with Gasteiger partial charge in [0.15, 0.2) is 0 Å². The van der Waals surface area contributed by atoms with Crippen LogP contribution in [0.25, 0.3) is 0 Å². The van der Waals surface area contributed by atoms with Crippen molar-refractivity contribution in [1.29, 1.82) is 0 Å². The summed E-state index contributed by atoms with van der Waals surface area (Å²) in [6, 6.07) is 9.94. The Hall–Kier alpha value is -2.34.